The predicted octanol–water partition coefficient (Wildman–Crippen LogP) is 4.26. The molecule has 0 saturated carbocycles. The van der Waals surface area contributed by atoms with Gasteiger partial charge in [-0.3, -0.25) is 4.79 Å². The lowest BCUT2D eigenvalue weighted by Crippen LogP contribution is -2.28. The van der Waals surface area contributed by atoms with E-state index in [9.17, 15) is 4.79 Å². The predicted molar refractivity (Wildman–Crippen MR) is 97.9 cm³/mol. The fourth-order valence-electron chi connectivity index (χ4n) is 2.36. The molecule has 0 atom stereocenters. The summed E-state index contributed by atoms with van der Waals surface area (Å²) in [5, 5.41) is 4.43. The Morgan fingerprint density at radius 2 is 1.96 bits per heavy atom. The Balaban J connectivity index is 1.54. The smallest absolute Gasteiger partial charge is 0.258 e. The number of hydrogen-bond acceptors (Lipinski definition) is 4. The molecule has 1 amide bonds. The molecule has 124 valence electrons. The van der Waals surface area contributed by atoms with Crippen LogP contribution in [0.3, 0.4) is 0 Å². The van der Waals surface area contributed by atoms with E-state index in [4.69, 9.17) is 16.3 Å². The van der Waals surface area contributed by atoms with Gasteiger partial charge in [0.05, 0.1) is 16.8 Å². The maximum Gasteiger partial charge on any atom is 0.258 e. The topological polar surface area (TPSA) is 51.2 Å². The number of nitrogens with zero attached hydrogens (tertiary/aromatic N) is 1. The Morgan fingerprint density at radius 3 is 2.67 bits per heavy atom. The van der Waals surface area contributed by atoms with E-state index in [-0.39, 0.29) is 12.5 Å². The second kappa shape index (κ2) is 7.20. The van der Waals surface area contributed by atoms with Gasteiger partial charge in [-0.25, -0.2) is 4.98 Å². The van der Waals surface area contributed by atoms with Crippen molar-refractivity contribution in [2.24, 2.45) is 0 Å². The number of halogens is 1. The van der Waals surface area contributed by atoms with E-state index in [0.717, 1.165) is 31.4 Å². The van der Waals surface area contributed by atoms with E-state index in [0.29, 0.717) is 12.3 Å². The molecule has 24 heavy (non-hydrogen) atoms. The number of amides is 1. The zero-order chi connectivity index (χ0) is 17.1. The fraction of sp³-hybridized carbons (Fsp3) is 0.222. The molecule has 3 aromatic rings. The maximum absolute atomic E-state index is 12.0. The van der Waals surface area contributed by atoms with Crippen LogP contribution in [0.4, 0.5) is 0 Å². The van der Waals surface area contributed by atoms with E-state index in [1.165, 1.54) is 0 Å². The number of aryl methyl sites for hydroxylation is 2. The number of benzene rings is 2. The Kier molecular flexibility index (Phi) is 5.02. The van der Waals surface area contributed by atoms with Crippen molar-refractivity contribution < 1.29 is 9.53 Å². The van der Waals surface area contributed by atoms with Crippen LogP contribution in [0.2, 0.25) is 5.02 Å². The lowest BCUT2D eigenvalue weighted by Gasteiger charge is -2.10. The molecular weight excluding hydrogens is 344 g/mol. The summed E-state index contributed by atoms with van der Waals surface area (Å²) in [6, 6.07) is 11.6. The number of nitrogens with one attached hydrogen (secondary N) is 1. The van der Waals surface area contributed by atoms with Gasteiger partial charge in [-0.05, 0) is 49.2 Å². The van der Waals surface area contributed by atoms with Gasteiger partial charge in [0.2, 0.25) is 0 Å². The quantitative estimate of drug-likeness (QED) is 0.739. The second-order valence-corrected chi connectivity index (χ2v) is 7.00. The van der Waals surface area contributed by atoms with Crippen molar-refractivity contribution in [3.8, 4) is 5.75 Å². The van der Waals surface area contributed by atoms with Crippen LogP contribution in [0.5, 0.6) is 5.75 Å². The molecule has 0 aliphatic rings. The highest BCUT2D eigenvalue weighted by Gasteiger charge is 2.08. The normalized spacial score (nSPS) is 10.8. The van der Waals surface area contributed by atoms with Crippen LogP contribution in [-0.4, -0.2) is 17.5 Å². The number of hydrogen-bond donors (Lipinski definition) is 1. The van der Waals surface area contributed by atoms with Gasteiger partial charge in [0.1, 0.15) is 10.8 Å². The first-order chi connectivity index (χ1) is 11.5. The van der Waals surface area contributed by atoms with Crippen molar-refractivity contribution in [1.82, 2.24) is 10.3 Å². The minimum atomic E-state index is -0.181. The van der Waals surface area contributed by atoms with Crippen LogP contribution in [-0.2, 0) is 11.3 Å². The van der Waals surface area contributed by atoms with Crippen LogP contribution in [0, 0.1) is 13.8 Å². The van der Waals surface area contributed by atoms with Gasteiger partial charge in [-0.15, -0.1) is 11.3 Å². The maximum atomic E-state index is 12.0. The van der Waals surface area contributed by atoms with Crippen molar-refractivity contribution in [1.29, 1.82) is 0 Å². The summed E-state index contributed by atoms with van der Waals surface area (Å²) in [4.78, 5) is 16.4. The van der Waals surface area contributed by atoms with Crippen molar-refractivity contribution >= 4 is 39.1 Å². The van der Waals surface area contributed by atoms with E-state index in [2.05, 4.69) is 10.3 Å². The van der Waals surface area contributed by atoms with Crippen molar-refractivity contribution in [2.45, 2.75) is 20.4 Å². The third-order valence-corrected chi connectivity index (χ3v) is 5.19. The molecule has 0 unspecified atom stereocenters. The summed E-state index contributed by atoms with van der Waals surface area (Å²) in [6.45, 7) is 4.19. The molecule has 0 radical (unpaired) electrons. The highest BCUT2D eigenvalue weighted by molar-refractivity contribution is 7.18. The molecule has 1 aromatic heterocycles. The summed E-state index contributed by atoms with van der Waals surface area (Å²) in [5.41, 5.74) is 2.82. The zero-order valence-corrected chi connectivity index (χ0v) is 15.0. The molecule has 0 fully saturated rings. The van der Waals surface area contributed by atoms with E-state index < -0.39 is 0 Å². The minimum absolute atomic E-state index is 0.0363. The average Bonchev–Trinajstić information content (AvgIpc) is 2.98. The monoisotopic (exact) mass is 360 g/mol. The van der Waals surface area contributed by atoms with Gasteiger partial charge in [-0.1, -0.05) is 23.7 Å². The SMILES string of the molecule is Cc1cc(OCC(=O)NCc2nc3ccccc3s2)cc(C)c1Cl. The largest absolute Gasteiger partial charge is 0.484 e. The van der Waals surface area contributed by atoms with Crippen molar-refractivity contribution in [3.63, 3.8) is 0 Å². The first-order valence-electron chi connectivity index (χ1n) is 7.53. The Morgan fingerprint density at radius 1 is 1.25 bits per heavy atom. The minimum Gasteiger partial charge on any atom is -0.484 e. The third kappa shape index (κ3) is 3.86. The van der Waals surface area contributed by atoms with Gasteiger partial charge < -0.3 is 10.1 Å². The standard InChI is InChI=1S/C18H17ClN2O2S/c1-11-7-13(8-12(2)18(11)19)23-10-16(22)20-9-17-21-14-5-3-4-6-15(14)24-17/h3-8H,9-10H2,1-2H3,(H,20,22). The summed E-state index contributed by atoms with van der Waals surface area (Å²) >= 11 is 7.70. The molecule has 0 bridgehead atoms. The van der Waals surface area contributed by atoms with Gasteiger partial charge in [0.25, 0.3) is 5.91 Å². The van der Waals surface area contributed by atoms with E-state index in [1.807, 2.05) is 50.2 Å². The highest BCUT2D eigenvalue weighted by Crippen LogP contribution is 2.25. The molecule has 0 saturated heterocycles. The molecular formula is C18H17ClN2O2S. The summed E-state index contributed by atoms with van der Waals surface area (Å²) in [7, 11) is 0. The number of carbonyl (C=O) groups excluding carboxylic acids is 1. The summed E-state index contributed by atoms with van der Waals surface area (Å²) in [5.74, 6) is 0.462. The van der Waals surface area contributed by atoms with Gasteiger partial charge in [0.15, 0.2) is 6.61 Å². The van der Waals surface area contributed by atoms with Crippen LogP contribution < -0.4 is 10.1 Å². The van der Waals surface area contributed by atoms with E-state index in [1.54, 1.807) is 11.3 Å². The number of fused-ring (bicyclic) bond motifs is 1. The second-order valence-electron chi connectivity index (χ2n) is 5.51. The molecule has 4 nitrogen and oxygen atoms in total. The van der Waals surface area contributed by atoms with Gasteiger partial charge in [0, 0.05) is 5.02 Å². The molecule has 1 heterocycles. The van der Waals surface area contributed by atoms with Crippen LogP contribution in [0.25, 0.3) is 10.2 Å². The molecule has 1 N–H and O–H groups in total. The third-order valence-electron chi connectivity index (χ3n) is 3.55. The lowest BCUT2D eigenvalue weighted by molar-refractivity contribution is -0.123. The number of aromatic nitrogens is 1. The van der Waals surface area contributed by atoms with E-state index >= 15 is 0 Å². The van der Waals surface area contributed by atoms with Crippen LogP contribution in [0.1, 0.15) is 16.1 Å². The Hall–Kier alpha value is -2.11. The number of rotatable bonds is 5. The summed E-state index contributed by atoms with van der Waals surface area (Å²) < 4.78 is 6.66. The summed E-state index contributed by atoms with van der Waals surface area (Å²) in [6.07, 6.45) is 0. The lowest BCUT2D eigenvalue weighted by atomic mass is 10.1. The molecule has 2 aromatic carbocycles. The molecule has 3 rings (SSSR count). The number of ether oxygens (including phenoxy) is 1. The zero-order valence-electron chi connectivity index (χ0n) is 13.4. The fourth-order valence-corrected chi connectivity index (χ4v) is 3.38. The van der Waals surface area contributed by atoms with Crippen molar-refractivity contribution in [2.75, 3.05) is 6.61 Å². The first kappa shape index (κ1) is 16.7. The highest BCUT2D eigenvalue weighted by atomic mass is 35.5. The van der Waals surface area contributed by atoms with Crippen molar-refractivity contribution in [3.05, 3.63) is 57.6 Å². The van der Waals surface area contributed by atoms with Gasteiger partial charge >= 0.3 is 0 Å². The van der Waals surface area contributed by atoms with Crippen LogP contribution in [0.15, 0.2) is 36.4 Å². The number of thiazole rings is 1. The Bertz CT molecular complexity index is 836. The molecule has 6 heteroatoms. The number of carbonyl (C=O) groups is 1. The van der Waals surface area contributed by atoms with Gasteiger partial charge in [-0.2, -0.15) is 0 Å². The Labute approximate surface area is 149 Å². The molecule has 0 aliphatic carbocycles. The molecule has 0 aliphatic heterocycles. The van der Waals surface area contributed by atoms with Crippen LogP contribution >= 0.6 is 22.9 Å². The molecule has 0 spiro atoms. The number of para-hydroxylation sites is 1. The average molecular weight is 361 g/mol. The first-order valence-corrected chi connectivity index (χ1v) is 8.73.